The summed E-state index contributed by atoms with van der Waals surface area (Å²) in [5, 5.41) is 12.0. The Morgan fingerprint density at radius 2 is 1.88 bits per heavy atom. The fourth-order valence-electron chi connectivity index (χ4n) is 2.40. The minimum atomic E-state index is -0.139. The van der Waals surface area contributed by atoms with Crippen molar-refractivity contribution < 1.29 is 14.3 Å². The van der Waals surface area contributed by atoms with Crippen LogP contribution in [0.25, 0.3) is 0 Å². The number of carbonyl (C=O) groups is 1. The fourth-order valence-corrected chi connectivity index (χ4v) is 3.39. The number of nitrogens with one attached hydrogen (secondary N) is 1. The summed E-state index contributed by atoms with van der Waals surface area (Å²) < 4.78 is 11.2. The summed E-state index contributed by atoms with van der Waals surface area (Å²) in [5.74, 6) is 2.03. The van der Waals surface area contributed by atoms with E-state index in [9.17, 15) is 4.79 Å². The second kappa shape index (κ2) is 8.84. The van der Waals surface area contributed by atoms with Gasteiger partial charge in [-0.1, -0.05) is 23.7 Å². The Bertz CT molecular complexity index is 834. The molecule has 0 aromatic heterocycles. The third-order valence-corrected chi connectivity index (χ3v) is 5.01. The van der Waals surface area contributed by atoms with Gasteiger partial charge in [-0.25, -0.2) is 0 Å². The maximum absolute atomic E-state index is 12.2. The Morgan fingerprint density at radius 3 is 2.58 bits per heavy atom. The molecule has 3 rings (SSSR count). The molecule has 1 amide bonds. The van der Waals surface area contributed by atoms with Crippen LogP contribution < -0.4 is 14.8 Å². The second-order valence-corrected chi connectivity index (χ2v) is 7.07. The predicted octanol–water partition coefficient (Wildman–Crippen LogP) is 4.24. The van der Waals surface area contributed by atoms with Gasteiger partial charge in [-0.15, -0.1) is 11.8 Å². The van der Waals surface area contributed by atoms with Crippen LogP contribution in [0.1, 0.15) is 17.5 Å². The van der Waals surface area contributed by atoms with Gasteiger partial charge in [0.2, 0.25) is 5.91 Å². The summed E-state index contributed by atoms with van der Waals surface area (Å²) in [6.45, 7) is 1.16. The Balaban J connectivity index is 1.54. The standard InChI is InChI=1S/C19H17ClN2O3S/c20-15-8-17-18(25-7-1-6-24-17)9-16(15)22-19(23)12-26-11-14-4-2-13(10-21)3-5-14/h2-5,8-9H,1,6-7,11-12H2,(H,22,23). The Labute approximate surface area is 161 Å². The SMILES string of the molecule is N#Cc1ccc(CSCC(=O)Nc2cc3c(cc2Cl)OCCCO3)cc1. The molecule has 2 aromatic rings. The molecule has 0 unspecified atom stereocenters. The number of fused-ring (bicyclic) bond motifs is 1. The number of ether oxygens (including phenoxy) is 2. The van der Waals surface area contributed by atoms with Gasteiger partial charge in [0.1, 0.15) is 0 Å². The maximum Gasteiger partial charge on any atom is 0.234 e. The van der Waals surface area contributed by atoms with Crippen LogP contribution >= 0.6 is 23.4 Å². The Hall–Kier alpha value is -2.36. The lowest BCUT2D eigenvalue weighted by atomic mass is 10.2. The van der Waals surface area contributed by atoms with Gasteiger partial charge >= 0.3 is 0 Å². The highest BCUT2D eigenvalue weighted by Gasteiger charge is 2.15. The van der Waals surface area contributed by atoms with Gasteiger partial charge in [0.15, 0.2) is 11.5 Å². The molecule has 1 N–H and O–H groups in total. The number of carbonyl (C=O) groups excluding carboxylic acids is 1. The molecule has 5 nitrogen and oxygen atoms in total. The molecule has 0 saturated carbocycles. The molecular formula is C19H17ClN2O3S. The van der Waals surface area contributed by atoms with Crippen LogP contribution in [0, 0.1) is 11.3 Å². The first-order valence-corrected chi connectivity index (χ1v) is 9.65. The van der Waals surface area contributed by atoms with Crippen molar-refractivity contribution >= 4 is 35.0 Å². The van der Waals surface area contributed by atoms with Crippen molar-refractivity contribution in [3.63, 3.8) is 0 Å². The van der Waals surface area contributed by atoms with E-state index < -0.39 is 0 Å². The van der Waals surface area contributed by atoms with Crippen molar-refractivity contribution in [3.05, 3.63) is 52.5 Å². The Morgan fingerprint density at radius 1 is 1.19 bits per heavy atom. The van der Waals surface area contributed by atoms with Crippen LogP contribution in [0.5, 0.6) is 11.5 Å². The van der Waals surface area contributed by atoms with Gasteiger partial charge in [0.25, 0.3) is 0 Å². The van der Waals surface area contributed by atoms with Crippen LogP contribution in [-0.2, 0) is 10.5 Å². The molecule has 26 heavy (non-hydrogen) atoms. The fraction of sp³-hybridized carbons (Fsp3) is 0.263. The van der Waals surface area contributed by atoms with E-state index in [2.05, 4.69) is 11.4 Å². The topological polar surface area (TPSA) is 71.4 Å². The molecule has 134 valence electrons. The number of anilines is 1. The molecular weight excluding hydrogens is 372 g/mol. The molecule has 0 atom stereocenters. The molecule has 0 fully saturated rings. The van der Waals surface area contributed by atoms with Crippen LogP contribution in [0.15, 0.2) is 36.4 Å². The molecule has 2 aromatic carbocycles. The summed E-state index contributed by atoms with van der Waals surface area (Å²) in [6, 6.07) is 12.8. The predicted molar refractivity (Wildman–Crippen MR) is 103 cm³/mol. The first-order chi connectivity index (χ1) is 12.7. The first kappa shape index (κ1) is 18.4. The largest absolute Gasteiger partial charge is 0.490 e. The summed E-state index contributed by atoms with van der Waals surface area (Å²) in [7, 11) is 0. The third-order valence-electron chi connectivity index (χ3n) is 3.70. The van der Waals surface area contributed by atoms with Crippen molar-refractivity contribution in [2.24, 2.45) is 0 Å². The molecule has 0 radical (unpaired) electrons. The highest BCUT2D eigenvalue weighted by atomic mass is 35.5. The van der Waals surface area contributed by atoms with Crippen molar-refractivity contribution in [2.45, 2.75) is 12.2 Å². The van der Waals surface area contributed by atoms with E-state index in [1.807, 2.05) is 12.1 Å². The lowest BCUT2D eigenvalue weighted by Crippen LogP contribution is -2.14. The van der Waals surface area contributed by atoms with Crippen molar-refractivity contribution in [2.75, 3.05) is 24.3 Å². The second-order valence-electron chi connectivity index (χ2n) is 5.68. The highest BCUT2D eigenvalue weighted by molar-refractivity contribution is 7.99. The van der Waals surface area contributed by atoms with Gasteiger partial charge in [-0.2, -0.15) is 5.26 Å². The molecule has 7 heteroatoms. The van der Waals surface area contributed by atoms with Gasteiger partial charge in [0, 0.05) is 24.3 Å². The van der Waals surface area contributed by atoms with Gasteiger partial charge in [-0.05, 0) is 17.7 Å². The number of hydrogen-bond donors (Lipinski definition) is 1. The molecule has 0 saturated heterocycles. The van der Waals surface area contributed by atoms with E-state index in [1.165, 1.54) is 11.8 Å². The third kappa shape index (κ3) is 4.84. The zero-order valence-electron chi connectivity index (χ0n) is 14.0. The number of thioether (sulfide) groups is 1. The average Bonchev–Trinajstić information content (AvgIpc) is 2.87. The van der Waals surface area contributed by atoms with Crippen LogP contribution in [0.4, 0.5) is 5.69 Å². The van der Waals surface area contributed by atoms with Gasteiger partial charge in [-0.3, -0.25) is 4.79 Å². The van der Waals surface area contributed by atoms with Gasteiger partial charge in [0.05, 0.1) is 41.3 Å². The Kier molecular flexibility index (Phi) is 6.26. The van der Waals surface area contributed by atoms with Crippen LogP contribution in [-0.4, -0.2) is 24.9 Å². The van der Waals surface area contributed by atoms with Crippen LogP contribution in [0.3, 0.4) is 0 Å². The number of nitrogens with zero attached hydrogens (tertiary/aromatic N) is 1. The molecule has 0 aliphatic carbocycles. The van der Waals surface area contributed by atoms with Crippen LogP contribution in [0.2, 0.25) is 5.02 Å². The molecule has 1 aliphatic rings. The summed E-state index contributed by atoms with van der Waals surface area (Å²) >= 11 is 7.72. The average molecular weight is 389 g/mol. The van der Waals surface area contributed by atoms with Gasteiger partial charge < -0.3 is 14.8 Å². The van der Waals surface area contributed by atoms with E-state index in [0.717, 1.165) is 12.0 Å². The molecule has 1 heterocycles. The van der Waals surface area contributed by atoms with Crippen molar-refractivity contribution in [1.29, 1.82) is 5.26 Å². The van der Waals surface area contributed by atoms with Crippen molar-refractivity contribution in [3.8, 4) is 17.6 Å². The molecule has 0 spiro atoms. The smallest absolute Gasteiger partial charge is 0.234 e. The summed E-state index contributed by atoms with van der Waals surface area (Å²) in [6.07, 6.45) is 0.806. The summed E-state index contributed by atoms with van der Waals surface area (Å²) in [5.41, 5.74) is 2.20. The lowest BCUT2D eigenvalue weighted by molar-refractivity contribution is -0.113. The minimum absolute atomic E-state index is 0.139. The lowest BCUT2D eigenvalue weighted by Gasteiger charge is -2.12. The number of hydrogen-bond acceptors (Lipinski definition) is 5. The van der Waals surface area contributed by atoms with Crippen molar-refractivity contribution in [1.82, 2.24) is 0 Å². The number of rotatable bonds is 5. The monoisotopic (exact) mass is 388 g/mol. The van der Waals surface area contributed by atoms with E-state index in [1.54, 1.807) is 24.3 Å². The zero-order chi connectivity index (χ0) is 18.4. The van der Waals surface area contributed by atoms with E-state index in [0.29, 0.717) is 52.5 Å². The van der Waals surface area contributed by atoms with E-state index in [-0.39, 0.29) is 5.91 Å². The maximum atomic E-state index is 12.2. The zero-order valence-corrected chi connectivity index (χ0v) is 15.5. The normalized spacial score (nSPS) is 12.8. The molecule has 0 bridgehead atoms. The summed E-state index contributed by atoms with van der Waals surface area (Å²) in [4.78, 5) is 12.2. The quantitative estimate of drug-likeness (QED) is 0.829. The minimum Gasteiger partial charge on any atom is -0.490 e. The van der Waals surface area contributed by atoms with E-state index in [4.69, 9.17) is 26.3 Å². The number of halogens is 1. The highest BCUT2D eigenvalue weighted by Crippen LogP contribution is 2.37. The molecule has 1 aliphatic heterocycles. The first-order valence-electron chi connectivity index (χ1n) is 8.11. The number of benzene rings is 2. The number of amides is 1. The number of nitriles is 1. The van der Waals surface area contributed by atoms with E-state index >= 15 is 0 Å².